The predicted octanol–water partition coefficient (Wildman–Crippen LogP) is 2.95. The second-order valence-corrected chi connectivity index (χ2v) is 4.37. The number of furan rings is 1. The molecule has 4 heteroatoms. The Morgan fingerprint density at radius 1 is 1.44 bits per heavy atom. The Kier molecular flexibility index (Phi) is 3.67. The number of carboxylic acid groups (broad SMARTS) is 1. The Morgan fingerprint density at radius 3 is 2.78 bits per heavy atom. The molecule has 2 N–H and O–H groups in total. The van der Waals surface area contributed by atoms with Gasteiger partial charge >= 0.3 is 5.97 Å². The minimum Gasteiger partial charge on any atom is -0.480 e. The van der Waals surface area contributed by atoms with E-state index >= 15 is 0 Å². The maximum absolute atomic E-state index is 11.0. The Bertz CT molecular complexity index is 514. The van der Waals surface area contributed by atoms with Crippen LogP contribution in [-0.4, -0.2) is 17.1 Å². The molecule has 0 spiro atoms. The molecule has 2 unspecified atom stereocenters. The van der Waals surface area contributed by atoms with E-state index in [2.05, 4.69) is 5.32 Å². The van der Waals surface area contributed by atoms with E-state index in [4.69, 9.17) is 9.52 Å². The fourth-order valence-electron chi connectivity index (χ4n) is 1.96. The van der Waals surface area contributed by atoms with Crippen LogP contribution < -0.4 is 5.32 Å². The molecule has 0 aliphatic heterocycles. The van der Waals surface area contributed by atoms with Gasteiger partial charge in [-0.15, -0.1) is 0 Å². The van der Waals surface area contributed by atoms with Crippen molar-refractivity contribution >= 4 is 16.9 Å². The zero-order chi connectivity index (χ0) is 13.1. The molecular formula is C14H17NO3. The molecule has 0 bridgehead atoms. The fraction of sp³-hybridized carbons (Fsp3) is 0.357. The number of rotatable bonds is 5. The molecule has 0 radical (unpaired) electrons. The number of nitrogens with one attached hydrogen (secondary N) is 1. The second kappa shape index (κ2) is 5.23. The van der Waals surface area contributed by atoms with Crippen LogP contribution in [0.15, 0.2) is 34.7 Å². The fourth-order valence-corrected chi connectivity index (χ4v) is 1.96. The van der Waals surface area contributed by atoms with Crippen molar-refractivity contribution in [3.05, 3.63) is 36.1 Å². The van der Waals surface area contributed by atoms with Crippen LogP contribution in [0.25, 0.3) is 11.0 Å². The third-order valence-corrected chi connectivity index (χ3v) is 3.03. The molecule has 18 heavy (non-hydrogen) atoms. The molecule has 4 nitrogen and oxygen atoms in total. The lowest BCUT2D eigenvalue weighted by atomic mass is 10.1. The van der Waals surface area contributed by atoms with Crippen molar-refractivity contribution in [1.29, 1.82) is 0 Å². The Labute approximate surface area is 106 Å². The van der Waals surface area contributed by atoms with E-state index in [9.17, 15) is 4.79 Å². The number of carboxylic acids is 1. The van der Waals surface area contributed by atoms with Crippen molar-refractivity contribution in [2.75, 3.05) is 0 Å². The summed E-state index contributed by atoms with van der Waals surface area (Å²) in [6.45, 7) is 3.75. The summed E-state index contributed by atoms with van der Waals surface area (Å²) >= 11 is 0. The molecule has 0 saturated carbocycles. The number of carbonyl (C=O) groups is 1. The standard InChI is InChI=1S/C14H17NO3/c1-3-11(14(16)17)15-9(2)13-8-10-6-4-5-7-12(10)18-13/h4-9,11,15H,3H2,1-2H3,(H,16,17). The molecule has 0 aliphatic rings. The first-order chi connectivity index (χ1) is 8.61. The van der Waals surface area contributed by atoms with E-state index in [0.717, 1.165) is 16.7 Å². The third kappa shape index (κ3) is 2.54. The van der Waals surface area contributed by atoms with Crippen molar-refractivity contribution in [3.63, 3.8) is 0 Å². The topological polar surface area (TPSA) is 62.5 Å². The van der Waals surface area contributed by atoms with Crippen LogP contribution in [0.5, 0.6) is 0 Å². The summed E-state index contributed by atoms with van der Waals surface area (Å²) in [7, 11) is 0. The molecule has 2 rings (SSSR count). The van der Waals surface area contributed by atoms with Crippen LogP contribution >= 0.6 is 0 Å². The van der Waals surface area contributed by atoms with Crippen LogP contribution in [0.1, 0.15) is 32.1 Å². The summed E-state index contributed by atoms with van der Waals surface area (Å²) in [6.07, 6.45) is 0.542. The lowest BCUT2D eigenvalue weighted by Crippen LogP contribution is -2.37. The van der Waals surface area contributed by atoms with Crippen LogP contribution in [0, 0.1) is 0 Å². The van der Waals surface area contributed by atoms with Gasteiger partial charge in [-0.2, -0.15) is 0 Å². The van der Waals surface area contributed by atoms with E-state index in [1.54, 1.807) is 0 Å². The van der Waals surface area contributed by atoms with Crippen molar-refractivity contribution in [2.45, 2.75) is 32.4 Å². The zero-order valence-corrected chi connectivity index (χ0v) is 10.5. The summed E-state index contributed by atoms with van der Waals surface area (Å²) in [5.74, 6) is -0.0728. The smallest absolute Gasteiger partial charge is 0.320 e. The maximum atomic E-state index is 11.0. The van der Waals surface area contributed by atoms with Crippen molar-refractivity contribution < 1.29 is 14.3 Å². The van der Waals surface area contributed by atoms with Gasteiger partial charge in [0.25, 0.3) is 0 Å². The van der Waals surface area contributed by atoms with Gasteiger partial charge in [-0.25, -0.2) is 0 Å². The highest BCUT2D eigenvalue weighted by atomic mass is 16.4. The average Bonchev–Trinajstić information content (AvgIpc) is 2.79. The number of para-hydroxylation sites is 1. The van der Waals surface area contributed by atoms with Gasteiger partial charge in [-0.05, 0) is 25.5 Å². The van der Waals surface area contributed by atoms with Crippen molar-refractivity contribution in [2.24, 2.45) is 0 Å². The van der Waals surface area contributed by atoms with Gasteiger partial charge in [0, 0.05) is 5.39 Å². The van der Waals surface area contributed by atoms with Crippen LogP contribution in [-0.2, 0) is 4.79 Å². The SMILES string of the molecule is CCC(NC(C)c1cc2ccccc2o1)C(=O)O. The number of fused-ring (bicyclic) bond motifs is 1. The van der Waals surface area contributed by atoms with Gasteiger partial charge in [0.2, 0.25) is 0 Å². The van der Waals surface area contributed by atoms with Gasteiger partial charge < -0.3 is 9.52 Å². The highest BCUT2D eigenvalue weighted by Crippen LogP contribution is 2.23. The summed E-state index contributed by atoms with van der Waals surface area (Å²) in [5, 5.41) is 13.1. The summed E-state index contributed by atoms with van der Waals surface area (Å²) in [6, 6.07) is 9.02. The molecule has 0 amide bonds. The highest BCUT2D eigenvalue weighted by Gasteiger charge is 2.20. The van der Waals surface area contributed by atoms with Crippen molar-refractivity contribution in [1.82, 2.24) is 5.32 Å². The van der Waals surface area contributed by atoms with Crippen LogP contribution in [0.3, 0.4) is 0 Å². The van der Waals surface area contributed by atoms with Crippen molar-refractivity contribution in [3.8, 4) is 0 Å². The molecule has 0 aliphatic carbocycles. The molecule has 0 fully saturated rings. The molecule has 2 atom stereocenters. The Hall–Kier alpha value is -1.81. The first-order valence-corrected chi connectivity index (χ1v) is 6.09. The second-order valence-electron chi connectivity index (χ2n) is 4.37. The van der Waals surface area contributed by atoms with E-state index in [1.807, 2.05) is 44.2 Å². The molecule has 96 valence electrons. The van der Waals surface area contributed by atoms with Gasteiger partial charge in [-0.3, -0.25) is 10.1 Å². The van der Waals surface area contributed by atoms with Crippen LogP contribution in [0.4, 0.5) is 0 Å². The van der Waals surface area contributed by atoms with Gasteiger partial charge in [0.1, 0.15) is 17.4 Å². The lowest BCUT2D eigenvalue weighted by molar-refractivity contribution is -0.139. The van der Waals surface area contributed by atoms with Gasteiger partial charge in [-0.1, -0.05) is 25.1 Å². The van der Waals surface area contributed by atoms with Gasteiger partial charge in [0.05, 0.1) is 6.04 Å². The van der Waals surface area contributed by atoms with E-state index < -0.39 is 12.0 Å². The maximum Gasteiger partial charge on any atom is 0.320 e. The monoisotopic (exact) mass is 247 g/mol. The van der Waals surface area contributed by atoms with Gasteiger partial charge in [0.15, 0.2) is 0 Å². The summed E-state index contributed by atoms with van der Waals surface area (Å²) < 4.78 is 5.70. The summed E-state index contributed by atoms with van der Waals surface area (Å²) in [5.41, 5.74) is 0.824. The van der Waals surface area contributed by atoms with E-state index in [1.165, 1.54) is 0 Å². The zero-order valence-electron chi connectivity index (χ0n) is 10.5. The minimum atomic E-state index is -0.833. The van der Waals surface area contributed by atoms with E-state index in [0.29, 0.717) is 6.42 Å². The first kappa shape index (κ1) is 12.6. The molecular weight excluding hydrogens is 230 g/mol. The highest BCUT2D eigenvalue weighted by molar-refractivity contribution is 5.78. The predicted molar refractivity (Wildman–Crippen MR) is 69.5 cm³/mol. The normalized spacial score (nSPS) is 14.6. The number of hydrogen-bond acceptors (Lipinski definition) is 3. The molecule has 2 aromatic rings. The number of aliphatic carboxylic acids is 1. The number of hydrogen-bond donors (Lipinski definition) is 2. The van der Waals surface area contributed by atoms with E-state index in [-0.39, 0.29) is 6.04 Å². The summed E-state index contributed by atoms with van der Waals surface area (Å²) in [4.78, 5) is 11.0. The molecule has 1 heterocycles. The Balaban J connectivity index is 2.17. The number of benzene rings is 1. The average molecular weight is 247 g/mol. The molecule has 1 aromatic carbocycles. The quantitative estimate of drug-likeness (QED) is 0.852. The first-order valence-electron chi connectivity index (χ1n) is 6.09. The minimum absolute atomic E-state index is 0.126. The Morgan fingerprint density at radius 2 is 2.17 bits per heavy atom. The molecule has 0 saturated heterocycles. The largest absolute Gasteiger partial charge is 0.480 e. The van der Waals surface area contributed by atoms with Crippen LogP contribution in [0.2, 0.25) is 0 Å². The lowest BCUT2D eigenvalue weighted by Gasteiger charge is -2.16. The molecule has 1 aromatic heterocycles. The third-order valence-electron chi connectivity index (χ3n) is 3.03.